The van der Waals surface area contributed by atoms with Crippen molar-refractivity contribution in [3.63, 3.8) is 0 Å². The van der Waals surface area contributed by atoms with Crippen LogP contribution in [0.3, 0.4) is 0 Å². The predicted molar refractivity (Wildman–Crippen MR) is 75.9 cm³/mol. The first-order chi connectivity index (χ1) is 9.25. The minimum absolute atomic E-state index is 0.0339. The Bertz CT molecular complexity index is 753. The standard InChI is InChI=1S/C15H16O4S/c1-9-7-12(16)8-10(2)15(9)20(18,19)14-6-4-5-13(17)11(14)3/h4-8,16-17H,1-3H3. The summed E-state index contributed by atoms with van der Waals surface area (Å²) in [5, 5.41) is 19.2. The molecule has 5 heteroatoms. The van der Waals surface area contributed by atoms with Crippen LogP contribution in [-0.4, -0.2) is 18.6 Å². The molecule has 2 aromatic carbocycles. The fourth-order valence-corrected chi connectivity index (χ4v) is 4.31. The van der Waals surface area contributed by atoms with Crippen LogP contribution in [0.25, 0.3) is 0 Å². The largest absolute Gasteiger partial charge is 0.508 e. The first-order valence-corrected chi connectivity index (χ1v) is 7.57. The lowest BCUT2D eigenvalue weighted by atomic mass is 10.1. The van der Waals surface area contributed by atoms with E-state index in [0.717, 1.165) is 0 Å². The van der Waals surface area contributed by atoms with Crippen molar-refractivity contribution < 1.29 is 18.6 Å². The number of hydrogen-bond acceptors (Lipinski definition) is 4. The van der Waals surface area contributed by atoms with Gasteiger partial charge in [0, 0.05) is 5.56 Å². The summed E-state index contributed by atoms with van der Waals surface area (Å²) in [7, 11) is -3.74. The van der Waals surface area contributed by atoms with Gasteiger partial charge in [-0.2, -0.15) is 0 Å². The highest BCUT2D eigenvalue weighted by atomic mass is 32.2. The van der Waals surface area contributed by atoms with Crippen molar-refractivity contribution in [1.82, 2.24) is 0 Å². The molecule has 2 N–H and O–H groups in total. The highest BCUT2D eigenvalue weighted by molar-refractivity contribution is 7.91. The Labute approximate surface area is 118 Å². The fourth-order valence-electron chi connectivity index (χ4n) is 2.36. The second kappa shape index (κ2) is 4.83. The number of aryl methyl sites for hydroxylation is 2. The molecule has 0 saturated carbocycles. The van der Waals surface area contributed by atoms with Gasteiger partial charge in [-0.1, -0.05) is 6.07 Å². The van der Waals surface area contributed by atoms with E-state index in [1.54, 1.807) is 20.8 Å². The Morgan fingerprint density at radius 1 is 0.950 bits per heavy atom. The van der Waals surface area contributed by atoms with Crippen LogP contribution in [0.1, 0.15) is 16.7 Å². The van der Waals surface area contributed by atoms with Gasteiger partial charge in [-0.05, 0) is 56.2 Å². The van der Waals surface area contributed by atoms with E-state index in [1.165, 1.54) is 30.3 Å². The monoisotopic (exact) mass is 292 g/mol. The molecule has 0 radical (unpaired) electrons. The van der Waals surface area contributed by atoms with Gasteiger partial charge in [0.05, 0.1) is 9.79 Å². The van der Waals surface area contributed by atoms with Crippen molar-refractivity contribution in [3.05, 3.63) is 47.0 Å². The van der Waals surface area contributed by atoms with E-state index in [2.05, 4.69) is 0 Å². The quantitative estimate of drug-likeness (QED) is 0.892. The number of rotatable bonds is 2. The molecule has 0 fully saturated rings. The third-order valence-corrected chi connectivity index (χ3v) is 5.46. The van der Waals surface area contributed by atoms with Crippen LogP contribution in [-0.2, 0) is 9.84 Å². The summed E-state index contributed by atoms with van der Waals surface area (Å²) in [6.45, 7) is 4.84. The molecule has 0 aliphatic carbocycles. The van der Waals surface area contributed by atoms with E-state index in [4.69, 9.17) is 0 Å². The Balaban J connectivity index is 2.77. The molecule has 2 aromatic rings. The van der Waals surface area contributed by atoms with E-state index in [-0.39, 0.29) is 21.3 Å². The predicted octanol–water partition coefficient (Wildman–Crippen LogP) is 2.86. The van der Waals surface area contributed by atoms with Crippen LogP contribution in [0.15, 0.2) is 40.1 Å². The molecule has 0 atom stereocenters. The van der Waals surface area contributed by atoms with Gasteiger partial charge < -0.3 is 10.2 Å². The molecule has 0 bridgehead atoms. The molecule has 2 rings (SSSR count). The minimum atomic E-state index is -3.74. The summed E-state index contributed by atoms with van der Waals surface area (Å²) in [6.07, 6.45) is 0. The van der Waals surface area contributed by atoms with Gasteiger partial charge in [0.15, 0.2) is 0 Å². The maximum Gasteiger partial charge on any atom is 0.207 e. The lowest BCUT2D eigenvalue weighted by molar-refractivity contribution is 0.468. The van der Waals surface area contributed by atoms with Gasteiger partial charge in [-0.15, -0.1) is 0 Å². The Hall–Kier alpha value is -2.01. The zero-order chi connectivity index (χ0) is 15.1. The summed E-state index contributed by atoms with van der Waals surface area (Å²) < 4.78 is 25.5. The molecule has 0 aliphatic heterocycles. The lowest BCUT2D eigenvalue weighted by Gasteiger charge is -2.14. The van der Waals surface area contributed by atoms with Crippen molar-refractivity contribution in [2.24, 2.45) is 0 Å². The van der Waals surface area contributed by atoms with Crippen LogP contribution in [0.5, 0.6) is 11.5 Å². The smallest absolute Gasteiger partial charge is 0.207 e. The molecule has 4 nitrogen and oxygen atoms in total. The van der Waals surface area contributed by atoms with Crippen molar-refractivity contribution in [1.29, 1.82) is 0 Å². The molecule has 0 amide bonds. The molecule has 106 valence electrons. The molecule has 0 unspecified atom stereocenters. The summed E-state index contributed by atoms with van der Waals surface area (Å²) in [6, 6.07) is 7.25. The van der Waals surface area contributed by atoms with Crippen molar-refractivity contribution >= 4 is 9.84 Å². The number of benzene rings is 2. The van der Waals surface area contributed by atoms with Gasteiger partial charge in [0.1, 0.15) is 11.5 Å². The molecule has 0 aromatic heterocycles. The molecule has 20 heavy (non-hydrogen) atoms. The molecule has 0 aliphatic rings. The second-order valence-electron chi connectivity index (χ2n) is 4.81. The Morgan fingerprint density at radius 3 is 2.05 bits per heavy atom. The second-order valence-corrected chi connectivity index (χ2v) is 6.67. The minimum Gasteiger partial charge on any atom is -0.508 e. The van der Waals surface area contributed by atoms with Gasteiger partial charge in [0.25, 0.3) is 0 Å². The highest BCUT2D eigenvalue weighted by Crippen LogP contribution is 2.33. The molecular weight excluding hydrogens is 276 g/mol. The first kappa shape index (κ1) is 14.4. The topological polar surface area (TPSA) is 74.6 Å². The highest BCUT2D eigenvalue weighted by Gasteiger charge is 2.25. The average Bonchev–Trinajstić information content (AvgIpc) is 2.30. The number of aromatic hydroxyl groups is 2. The number of phenolic OH excluding ortho intramolecular Hbond substituents is 2. The van der Waals surface area contributed by atoms with Crippen LogP contribution in [0, 0.1) is 20.8 Å². The number of sulfone groups is 1. The molecule has 0 saturated heterocycles. The van der Waals surface area contributed by atoms with Gasteiger partial charge in [-0.3, -0.25) is 0 Å². The molecular formula is C15H16O4S. The van der Waals surface area contributed by atoms with E-state index < -0.39 is 9.84 Å². The Morgan fingerprint density at radius 2 is 1.50 bits per heavy atom. The third kappa shape index (κ3) is 2.25. The SMILES string of the molecule is Cc1cc(O)cc(C)c1S(=O)(=O)c1cccc(O)c1C. The molecule has 0 spiro atoms. The normalized spacial score (nSPS) is 11.6. The Kier molecular flexibility index (Phi) is 3.48. The number of hydrogen-bond donors (Lipinski definition) is 2. The van der Waals surface area contributed by atoms with Crippen LogP contribution >= 0.6 is 0 Å². The lowest BCUT2D eigenvalue weighted by Crippen LogP contribution is -2.08. The maximum atomic E-state index is 12.8. The third-order valence-electron chi connectivity index (χ3n) is 3.26. The van der Waals surface area contributed by atoms with E-state index >= 15 is 0 Å². The summed E-state index contributed by atoms with van der Waals surface area (Å²) >= 11 is 0. The van der Waals surface area contributed by atoms with Crippen molar-refractivity contribution in [2.75, 3.05) is 0 Å². The zero-order valence-corrected chi connectivity index (χ0v) is 12.3. The van der Waals surface area contributed by atoms with Crippen LogP contribution < -0.4 is 0 Å². The van der Waals surface area contributed by atoms with Crippen LogP contribution in [0.4, 0.5) is 0 Å². The van der Waals surface area contributed by atoms with E-state index in [0.29, 0.717) is 16.7 Å². The van der Waals surface area contributed by atoms with Gasteiger partial charge >= 0.3 is 0 Å². The van der Waals surface area contributed by atoms with E-state index in [9.17, 15) is 18.6 Å². The number of phenols is 2. The summed E-state index contributed by atoms with van der Waals surface area (Å²) in [5.74, 6) is -0.0215. The first-order valence-electron chi connectivity index (χ1n) is 6.09. The summed E-state index contributed by atoms with van der Waals surface area (Å²) in [4.78, 5) is 0.249. The van der Waals surface area contributed by atoms with E-state index in [1.807, 2.05) is 0 Å². The van der Waals surface area contributed by atoms with Crippen molar-refractivity contribution in [2.45, 2.75) is 30.6 Å². The van der Waals surface area contributed by atoms with Gasteiger partial charge in [-0.25, -0.2) is 8.42 Å². The average molecular weight is 292 g/mol. The fraction of sp³-hybridized carbons (Fsp3) is 0.200. The van der Waals surface area contributed by atoms with Crippen LogP contribution in [0.2, 0.25) is 0 Å². The van der Waals surface area contributed by atoms with Crippen molar-refractivity contribution in [3.8, 4) is 11.5 Å². The molecule has 0 heterocycles. The summed E-state index contributed by atoms with van der Waals surface area (Å²) in [5.41, 5.74) is 1.27. The maximum absolute atomic E-state index is 12.8. The zero-order valence-electron chi connectivity index (χ0n) is 11.5. The van der Waals surface area contributed by atoms with Gasteiger partial charge in [0.2, 0.25) is 9.84 Å².